The Labute approximate surface area is 186 Å². The third-order valence-corrected chi connectivity index (χ3v) is 6.03. The van der Waals surface area contributed by atoms with Gasteiger partial charge in [-0.25, -0.2) is 0 Å². The second-order valence-corrected chi connectivity index (χ2v) is 7.98. The summed E-state index contributed by atoms with van der Waals surface area (Å²) in [5.41, 5.74) is 2.17. The number of H-pyrrole nitrogens is 1. The first kappa shape index (κ1) is 20.1. The van der Waals surface area contributed by atoms with Crippen LogP contribution in [0, 0.1) is 0 Å². The third kappa shape index (κ3) is 3.56. The van der Waals surface area contributed by atoms with Crippen molar-refractivity contribution in [2.24, 2.45) is 0 Å². The maximum absolute atomic E-state index is 13.0. The molecule has 5 rings (SSSR count). The predicted molar refractivity (Wildman–Crippen MR) is 123 cm³/mol. The molecular formula is C23H19N5O3S. The first-order valence-corrected chi connectivity index (χ1v) is 11.1. The molecule has 1 N–H and O–H groups in total. The molecule has 0 fully saturated rings. The number of nitrogens with zero attached hydrogens (tertiary/aromatic N) is 4. The highest BCUT2D eigenvalue weighted by Crippen LogP contribution is 2.22. The number of Topliss-reactive ketones (excluding diaryl/α,β-unsaturated/α-hetero) is 1. The molecule has 160 valence electrons. The highest BCUT2D eigenvalue weighted by molar-refractivity contribution is 7.99. The van der Waals surface area contributed by atoms with Crippen LogP contribution in [0.5, 0.6) is 5.75 Å². The van der Waals surface area contributed by atoms with Gasteiger partial charge >= 0.3 is 5.56 Å². The fourth-order valence-corrected chi connectivity index (χ4v) is 4.35. The van der Waals surface area contributed by atoms with Crippen LogP contribution in [0.2, 0.25) is 0 Å². The van der Waals surface area contributed by atoms with Crippen LogP contribution in [0.25, 0.3) is 22.2 Å². The number of fused-ring (bicyclic) bond motifs is 2. The number of benzene rings is 2. The average molecular weight is 446 g/mol. The number of aromatic nitrogens is 5. The largest absolute Gasteiger partial charge is 0.494 e. The molecule has 8 nitrogen and oxygen atoms in total. The number of ketones is 1. The zero-order chi connectivity index (χ0) is 22.1. The van der Waals surface area contributed by atoms with Crippen LogP contribution >= 0.6 is 11.8 Å². The van der Waals surface area contributed by atoms with E-state index in [2.05, 4.69) is 15.2 Å². The Kier molecular flexibility index (Phi) is 5.24. The van der Waals surface area contributed by atoms with Gasteiger partial charge in [-0.3, -0.25) is 18.6 Å². The van der Waals surface area contributed by atoms with E-state index in [0.29, 0.717) is 23.0 Å². The summed E-state index contributed by atoms with van der Waals surface area (Å²) in [5.74, 6) is 0.906. The van der Waals surface area contributed by atoms with Gasteiger partial charge in [0.1, 0.15) is 5.75 Å². The standard InChI is InChI=1S/C23H19N5O3S/c1-2-31-16-9-7-15(8-10-16)27-11-12-28-21(22(27)30)25-26-23(28)32-14-20(29)18-13-24-19-6-4-3-5-17(18)19/h3-13,24H,2,14H2,1H3. The summed E-state index contributed by atoms with van der Waals surface area (Å²) in [5, 5.41) is 9.57. The summed E-state index contributed by atoms with van der Waals surface area (Å²) in [6.45, 7) is 2.50. The number of hydrogen-bond acceptors (Lipinski definition) is 6. The quantitative estimate of drug-likeness (QED) is 0.303. The molecule has 0 saturated heterocycles. The SMILES string of the molecule is CCOc1ccc(-n2ccn3c(SCC(=O)c4c[nH]c5ccccc45)nnc3c2=O)cc1. The van der Waals surface area contributed by atoms with E-state index in [0.717, 1.165) is 16.7 Å². The predicted octanol–water partition coefficient (Wildman–Crippen LogP) is 3.74. The summed E-state index contributed by atoms with van der Waals surface area (Å²) in [4.78, 5) is 28.8. The summed E-state index contributed by atoms with van der Waals surface area (Å²) in [6, 6.07) is 14.9. The van der Waals surface area contributed by atoms with Crippen molar-refractivity contribution in [3.8, 4) is 11.4 Å². The number of carbonyl (C=O) groups is 1. The summed E-state index contributed by atoms with van der Waals surface area (Å²) in [7, 11) is 0. The van der Waals surface area contributed by atoms with Gasteiger partial charge in [0, 0.05) is 40.7 Å². The van der Waals surface area contributed by atoms with Gasteiger partial charge in [-0.1, -0.05) is 30.0 Å². The first-order valence-electron chi connectivity index (χ1n) is 10.1. The molecule has 0 amide bonds. The number of carbonyl (C=O) groups excluding carboxylic acids is 1. The molecule has 0 unspecified atom stereocenters. The molecule has 2 aromatic carbocycles. The summed E-state index contributed by atoms with van der Waals surface area (Å²) in [6.07, 6.45) is 5.12. The van der Waals surface area contributed by atoms with E-state index >= 15 is 0 Å². The second-order valence-electron chi connectivity index (χ2n) is 7.04. The molecule has 3 heterocycles. The number of aromatic amines is 1. The van der Waals surface area contributed by atoms with Gasteiger partial charge in [-0.2, -0.15) is 0 Å². The Hall–Kier alpha value is -3.85. The lowest BCUT2D eigenvalue weighted by atomic mass is 10.1. The molecular weight excluding hydrogens is 426 g/mol. The maximum Gasteiger partial charge on any atom is 0.300 e. The van der Waals surface area contributed by atoms with Crippen molar-refractivity contribution in [2.45, 2.75) is 12.1 Å². The molecule has 0 saturated carbocycles. The van der Waals surface area contributed by atoms with E-state index in [-0.39, 0.29) is 22.7 Å². The number of thioether (sulfide) groups is 1. The zero-order valence-corrected chi connectivity index (χ0v) is 18.0. The third-order valence-electron chi connectivity index (χ3n) is 5.09. The molecule has 0 radical (unpaired) electrons. The van der Waals surface area contributed by atoms with E-state index in [1.54, 1.807) is 23.0 Å². The van der Waals surface area contributed by atoms with Crippen LogP contribution in [0.1, 0.15) is 17.3 Å². The lowest BCUT2D eigenvalue weighted by Gasteiger charge is -2.08. The van der Waals surface area contributed by atoms with Crippen LogP contribution in [-0.4, -0.2) is 42.3 Å². The lowest BCUT2D eigenvalue weighted by Crippen LogP contribution is -2.20. The Bertz CT molecular complexity index is 1480. The van der Waals surface area contributed by atoms with Crippen LogP contribution in [-0.2, 0) is 0 Å². The van der Waals surface area contributed by atoms with Gasteiger partial charge in [0.25, 0.3) is 0 Å². The van der Waals surface area contributed by atoms with Crippen LogP contribution in [0.4, 0.5) is 0 Å². The minimum absolute atomic E-state index is 0.0214. The highest BCUT2D eigenvalue weighted by atomic mass is 32.2. The molecule has 3 aromatic heterocycles. The molecule has 32 heavy (non-hydrogen) atoms. The highest BCUT2D eigenvalue weighted by Gasteiger charge is 2.16. The van der Waals surface area contributed by atoms with E-state index in [9.17, 15) is 9.59 Å². The smallest absolute Gasteiger partial charge is 0.300 e. The summed E-state index contributed by atoms with van der Waals surface area (Å²) >= 11 is 1.25. The minimum atomic E-state index is -0.293. The van der Waals surface area contributed by atoms with E-state index in [1.165, 1.54) is 16.3 Å². The molecule has 0 aliphatic rings. The number of hydrogen-bond donors (Lipinski definition) is 1. The number of rotatable bonds is 7. The fraction of sp³-hybridized carbons (Fsp3) is 0.130. The van der Waals surface area contributed by atoms with Gasteiger partial charge < -0.3 is 9.72 Å². The van der Waals surface area contributed by atoms with Crippen LogP contribution in [0.15, 0.2) is 77.1 Å². The van der Waals surface area contributed by atoms with Gasteiger partial charge in [0.15, 0.2) is 10.9 Å². The Morgan fingerprint density at radius 2 is 1.91 bits per heavy atom. The van der Waals surface area contributed by atoms with Gasteiger partial charge in [-0.05, 0) is 37.3 Å². The van der Waals surface area contributed by atoms with Crippen molar-refractivity contribution in [3.63, 3.8) is 0 Å². The van der Waals surface area contributed by atoms with Crippen molar-refractivity contribution < 1.29 is 9.53 Å². The summed E-state index contributed by atoms with van der Waals surface area (Å²) < 4.78 is 8.57. The van der Waals surface area contributed by atoms with Crippen molar-refractivity contribution in [3.05, 3.63) is 83.0 Å². The van der Waals surface area contributed by atoms with Crippen molar-refractivity contribution >= 4 is 34.1 Å². The molecule has 0 atom stereocenters. The maximum atomic E-state index is 13.0. The van der Waals surface area contributed by atoms with Crippen LogP contribution < -0.4 is 10.3 Å². The van der Waals surface area contributed by atoms with Gasteiger partial charge in [-0.15, -0.1) is 10.2 Å². The number of ether oxygens (including phenoxy) is 1. The van der Waals surface area contributed by atoms with Gasteiger partial charge in [0.2, 0.25) is 5.65 Å². The van der Waals surface area contributed by atoms with E-state index in [1.807, 2.05) is 55.5 Å². The average Bonchev–Trinajstić information content (AvgIpc) is 3.43. The monoisotopic (exact) mass is 445 g/mol. The molecule has 0 aliphatic carbocycles. The van der Waals surface area contributed by atoms with E-state index in [4.69, 9.17) is 4.74 Å². The number of nitrogens with one attached hydrogen (secondary N) is 1. The molecule has 9 heteroatoms. The molecule has 0 spiro atoms. The van der Waals surface area contributed by atoms with Gasteiger partial charge in [0.05, 0.1) is 12.4 Å². The fourth-order valence-electron chi connectivity index (χ4n) is 3.55. The normalized spacial score (nSPS) is 11.3. The van der Waals surface area contributed by atoms with Crippen LogP contribution in [0.3, 0.4) is 0 Å². The second kappa shape index (κ2) is 8.35. The van der Waals surface area contributed by atoms with Crippen molar-refractivity contribution in [2.75, 3.05) is 12.4 Å². The van der Waals surface area contributed by atoms with Crippen molar-refractivity contribution in [1.82, 2.24) is 24.1 Å². The lowest BCUT2D eigenvalue weighted by molar-refractivity contribution is 0.102. The minimum Gasteiger partial charge on any atom is -0.494 e. The zero-order valence-electron chi connectivity index (χ0n) is 17.2. The van der Waals surface area contributed by atoms with E-state index < -0.39 is 0 Å². The topological polar surface area (TPSA) is 94.3 Å². The Balaban J connectivity index is 1.38. The van der Waals surface area contributed by atoms with Crippen molar-refractivity contribution in [1.29, 1.82) is 0 Å². The Morgan fingerprint density at radius 3 is 2.72 bits per heavy atom. The Morgan fingerprint density at radius 1 is 1.09 bits per heavy atom. The first-order chi connectivity index (χ1) is 15.7. The molecule has 0 bridgehead atoms. The molecule has 5 aromatic rings. The molecule has 0 aliphatic heterocycles. The number of para-hydroxylation sites is 1.